The number of halogens is 1. The first-order valence-corrected chi connectivity index (χ1v) is 10.6. The van der Waals surface area contributed by atoms with Crippen LogP contribution in [0.3, 0.4) is 0 Å². The van der Waals surface area contributed by atoms with Crippen molar-refractivity contribution in [1.82, 2.24) is 25.0 Å². The number of aliphatic imine (C=N–C) groups is 1. The topological polar surface area (TPSA) is 67.6 Å². The molecule has 0 saturated heterocycles. The van der Waals surface area contributed by atoms with Crippen molar-refractivity contribution in [2.24, 2.45) is 12.0 Å². The van der Waals surface area contributed by atoms with E-state index in [9.17, 15) is 0 Å². The number of guanidine groups is 1. The SMILES string of the molecule is COc1ccc(CCNC(=NCc2nnc(C)n2C)N(C)Cc2cccc(Cl)c2)cc1. The first kappa shape index (κ1) is 22.6. The van der Waals surface area contributed by atoms with E-state index < -0.39 is 0 Å². The van der Waals surface area contributed by atoms with Crippen molar-refractivity contribution < 1.29 is 4.74 Å². The lowest BCUT2D eigenvalue weighted by atomic mass is 10.1. The highest BCUT2D eigenvalue weighted by atomic mass is 35.5. The number of hydrogen-bond acceptors (Lipinski definition) is 4. The van der Waals surface area contributed by atoms with Gasteiger partial charge < -0.3 is 19.5 Å². The normalized spacial score (nSPS) is 11.5. The molecule has 0 spiro atoms. The van der Waals surface area contributed by atoms with Crippen LogP contribution in [0.2, 0.25) is 5.02 Å². The zero-order valence-corrected chi connectivity index (χ0v) is 19.2. The van der Waals surface area contributed by atoms with Gasteiger partial charge in [0.2, 0.25) is 0 Å². The first-order valence-electron chi connectivity index (χ1n) is 10.2. The average molecular weight is 441 g/mol. The van der Waals surface area contributed by atoms with Gasteiger partial charge in [-0.25, -0.2) is 4.99 Å². The summed E-state index contributed by atoms with van der Waals surface area (Å²) in [6, 6.07) is 16.0. The number of rotatable bonds is 8. The van der Waals surface area contributed by atoms with Gasteiger partial charge in [-0.3, -0.25) is 0 Å². The van der Waals surface area contributed by atoms with E-state index in [0.29, 0.717) is 13.1 Å². The lowest BCUT2D eigenvalue weighted by Gasteiger charge is -2.23. The minimum Gasteiger partial charge on any atom is -0.497 e. The summed E-state index contributed by atoms with van der Waals surface area (Å²) in [6.45, 7) is 3.82. The molecule has 0 aliphatic heterocycles. The van der Waals surface area contributed by atoms with E-state index in [-0.39, 0.29) is 0 Å². The number of benzene rings is 2. The molecule has 0 radical (unpaired) electrons. The monoisotopic (exact) mass is 440 g/mol. The molecule has 1 heterocycles. The number of aromatic nitrogens is 3. The Balaban J connectivity index is 1.69. The Bertz CT molecular complexity index is 1020. The van der Waals surface area contributed by atoms with Crippen LogP contribution in [-0.2, 0) is 26.6 Å². The molecule has 0 atom stereocenters. The maximum atomic E-state index is 6.15. The number of methoxy groups -OCH3 is 1. The third-order valence-corrected chi connectivity index (χ3v) is 5.31. The number of ether oxygens (including phenoxy) is 1. The van der Waals surface area contributed by atoms with Crippen LogP contribution in [0.5, 0.6) is 5.75 Å². The van der Waals surface area contributed by atoms with Crippen molar-refractivity contribution in [2.75, 3.05) is 20.7 Å². The minimum absolute atomic E-state index is 0.447. The second-order valence-corrected chi connectivity index (χ2v) is 7.81. The van der Waals surface area contributed by atoms with Crippen LogP contribution >= 0.6 is 11.6 Å². The van der Waals surface area contributed by atoms with Gasteiger partial charge in [0.1, 0.15) is 18.1 Å². The summed E-state index contributed by atoms with van der Waals surface area (Å²) in [5, 5.41) is 12.5. The highest BCUT2D eigenvalue weighted by molar-refractivity contribution is 6.30. The van der Waals surface area contributed by atoms with E-state index >= 15 is 0 Å². The predicted octanol–water partition coefficient (Wildman–Crippen LogP) is 3.61. The van der Waals surface area contributed by atoms with E-state index in [2.05, 4.69) is 38.6 Å². The summed E-state index contributed by atoms with van der Waals surface area (Å²) in [5.74, 6) is 3.35. The Morgan fingerprint density at radius 2 is 1.94 bits per heavy atom. The number of nitrogens with one attached hydrogen (secondary N) is 1. The molecule has 0 amide bonds. The third kappa shape index (κ3) is 6.46. The van der Waals surface area contributed by atoms with Crippen LogP contribution in [0.4, 0.5) is 0 Å². The lowest BCUT2D eigenvalue weighted by molar-refractivity contribution is 0.414. The van der Waals surface area contributed by atoms with Gasteiger partial charge in [-0.1, -0.05) is 35.9 Å². The Kier molecular flexibility index (Phi) is 7.89. The van der Waals surface area contributed by atoms with Crippen LogP contribution < -0.4 is 10.1 Å². The maximum absolute atomic E-state index is 6.15. The third-order valence-electron chi connectivity index (χ3n) is 5.08. The summed E-state index contributed by atoms with van der Waals surface area (Å²) >= 11 is 6.15. The molecule has 8 heteroatoms. The molecule has 164 valence electrons. The van der Waals surface area contributed by atoms with Crippen molar-refractivity contribution in [3.63, 3.8) is 0 Å². The zero-order valence-electron chi connectivity index (χ0n) is 18.5. The summed E-state index contributed by atoms with van der Waals surface area (Å²) in [7, 11) is 5.64. The predicted molar refractivity (Wildman–Crippen MR) is 124 cm³/mol. The van der Waals surface area contributed by atoms with Crippen molar-refractivity contribution in [3.8, 4) is 5.75 Å². The fourth-order valence-corrected chi connectivity index (χ4v) is 3.35. The molecule has 7 nitrogen and oxygen atoms in total. The minimum atomic E-state index is 0.447. The first-order chi connectivity index (χ1) is 15.0. The van der Waals surface area contributed by atoms with Gasteiger partial charge in [0, 0.05) is 32.2 Å². The second kappa shape index (κ2) is 10.8. The van der Waals surface area contributed by atoms with Crippen LogP contribution in [0.25, 0.3) is 0 Å². The molecule has 0 fully saturated rings. The fraction of sp³-hybridized carbons (Fsp3) is 0.348. The Hall–Kier alpha value is -3.06. The summed E-state index contributed by atoms with van der Waals surface area (Å²) in [5.41, 5.74) is 2.35. The molecule has 3 aromatic rings. The van der Waals surface area contributed by atoms with Crippen LogP contribution in [0, 0.1) is 6.92 Å². The van der Waals surface area contributed by atoms with Gasteiger partial charge in [0.25, 0.3) is 0 Å². The van der Waals surface area contributed by atoms with Crippen molar-refractivity contribution in [3.05, 3.63) is 76.3 Å². The molecule has 1 N–H and O–H groups in total. The number of nitrogens with zero attached hydrogens (tertiary/aromatic N) is 5. The van der Waals surface area contributed by atoms with E-state index in [0.717, 1.165) is 46.9 Å². The number of hydrogen-bond donors (Lipinski definition) is 1. The van der Waals surface area contributed by atoms with Gasteiger partial charge in [0.05, 0.1) is 7.11 Å². The second-order valence-electron chi connectivity index (χ2n) is 7.37. The van der Waals surface area contributed by atoms with Gasteiger partial charge in [-0.2, -0.15) is 0 Å². The van der Waals surface area contributed by atoms with Gasteiger partial charge in [-0.05, 0) is 48.7 Å². The maximum Gasteiger partial charge on any atom is 0.194 e. The van der Waals surface area contributed by atoms with Crippen molar-refractivity contribution in [1.29, 1.82) is 0 Å². The molecule has 0 unspecified atom stereocenters. The summed E-state index contributed by atoms with van der Waals surface area (Å²) < 4.78 is 7.18. The van der Waals surface area contributed by atoms with E-state index in [1.165, 1.54) is 5.56 Å². The largest absolute Gasteiger partial charge is 0.497 e. The molecule has 0 aliphatic rings. The molecule has 2 aromatic carbocycles. The molecule has 3 rings (SSSR count). The molecular formula is C23H29ClN6O. The van der Waals surface area contributed by atoms with Crippen molar-refractivity contribution >= 4 is 17.6 Å². The molecule has 1 aromatic heterocycles. The highest BCUT2D eigenvalue weighted by Gasteiger charge is 2.10. The molecule has 0 bridgehead atoms. The van der Waals surface area contributed by atoms with Crippen LogP contribution in [0.15, 0.2) is 53.5 Å². The molecule has 0 aliphatic carbocycles. The zero-order chi connectivity index (χ0) is 22.2. The van der Waals surface area contributed by atoms with Gasteiger partial charge in [-0.15, -0.1) is 10.2 Å². The molecular weight excluding hydrogens is 412 g/mol. The average Bonchev–Trinajstić information content (AvgIpc) is 3.08. The van der Waals surface area contributed by atoms with Gasteiger partial charge in [0.15, 0.2) is 11.8 Å². The van der Waals surface area contributed by atoms with Crippen LogP contribution in [-0.4, -0.2) is 46.3 Å². The lowest BCUT2D eigenvalue weighted by Crippen LogP contribution is -2.39. The fourth-order valence-electron chi connectivity index (χ4n) is 3.14. The Morgan fingerprint density at radius 1 is 1.16 bits per heavy atom. The summed E-state index contributed by atoms with van der Waals surface area (Å²) in [6.07, 6.45) is 0.872. The molecule has 31 heavy (non-hydrogen) atoms. The smallest absolute Gasteiger partial charge is 0.194 e. The molecule has 0 saturated carbocycles. The van der Waals surface area contributed by atoms with Crippen LogP contribution in [0.1, 0.15) is 22.8 Å². The standard InChI is InChI=1S/C23H29ClN6O/c1-17-27-28-22(30(17)3)15-26-23(29(2)16-19-6-5-7-20(24)14-19)25-13-12-18-8-10-21(31-4)11-9-18/h5-11,14H,12-13,15-16H2,1-4H3,(H,25,26). The Morgan fingerprint density at radius 3 is 2.58 bits per heavy atom. The number of aryl methyl sites for hydroxylation is 1. The quantitative estimate of drug-likeness (QED) is 0.428. The van der Waals surface area contributed by atoms with Gasteiger partial charge >= 0.3 is 0 Å². The Labute approximate surface area is 188 Å². The van der Waals surface area contributed by atoms with E-state index in [1.807, 2.05) is 55.9 Å². The summed E-state index contributed by atoms with van der Waals surface area (Å²) in [4.78, 5) is 6.89. The van der Waals surface area contributed by atoms with Crippen molar-refractivity contribution in [2.45, 2.75) is 26.4 Å². The van der Waals surface area contributed by atoms with E-state index in [1.54, 1.807) is 7.11 Å². The van der Waals surface area contributed by atoms with E-state index in [4.69, 9.17) is 21.3 Å². The highest BCUT2D eigenvalue weighted by Crippen LogP contribution is 2.13.